The van der Waals surface area contributed by atoms with E-state index < -0.39 is 0 Å². The van der Waals surface area contributed by atoms with Crippen molar-refractivity contribution < 1.29 is 9.53 Å². The summed E-state index contributed by atoms with van der Waals surface area (Å²) in [5.74, 6) is 0.670. The summed E-state index contributed by atoms with van der Waals surface area (Å²) >= 11 is 1.86. The number of carbonyl (C=O) groups is 1. The van der Waals surface area contributed by atoms with Crippen molar-refractivity contribution in [2.45, 2.75) is 52.4 Å². The third-order valence-corrected chi connectivity index (χ3v) is 5.85. The summed E-state index contributed by atoms with van der Waals surface area (Å²) < 4.78 is 5.55. The second-order valence-corrected chi connectivity index (χ2v) is 7.84. The highest BCUT2D eigenvalue weighted by Gasteiger charge is 2.14. The molecular weight excluding hydrogens is 332 g/mol. The molecule has 0 bridgehead atoms. The molecule has 4 nitrogen and oxygen atoms in total. The van der Waals surface area contributed by atoms with Crippen molar-refractivity contribution in [3.05, 3.63) is 44.9 Å². The van der Waals surface area contributed by atoms with Gasteiger partial charge in [0.25, 0.3) is 5.91 Å². The van der Waals surface area contributed by atoms with E-state index in [1.165, 1.54) is 46.0 Å². The Hall–Kier alpha value is -1.88. The Labute approximate surface area is 153 Å². The number of nitrogens with zero attached hydrogens (tertiary/aromatic N) is 1. The molecule has 5 heteroatoms. The molecule has 1 amide bonds. The van der Waals surface area contributed by atoms with Crippen LogP contribution in [0.15, 0.2) is 18.2 Å². The largest absolute Gasteiger partial charge is 0.484 e. The van der Waals surface area contributed by atoms with Crippen LogP contribution >= 0.6 is 11.3 Å². The van der Waals surface area contributed by atoms with Crippen LogP contribution in [0.5, 0.6) is 5.75 Å². The molecule has 1 heterocycles. The number of aromatic nitrogens is 1. The molecule has 0 atom stereocenters. The fourth-order valence-electron chi connectivity index (χ4n) is 2.98. The molecule has 2 aromatic rings. The molecular formula is C20H26N2O2S. The summed E-state index contributed by atoms with van der Waals surface area (Å²) in [4.78, 5) is 18.1. The fourth-order valence-corrected chi connectivity index (χ4v) is 4.18. The number of hydrogen-bond donors (Lipinski definition) is 1. The van der Waals surface area contributed by atoms with Crippen LogP contribution in [0.2, 0.25) is 0 Å². The molecule has 0 fully saturated rings. The van der Waals surface area contributed by atoms with E-state index in [1.807, 2.05) is 36.5 Å². The maximum Gasteiger partial charge on any atom is 0.257 e. The monoisotopic (exact) mass is 358 g/mol. The van der Waals surface area contributed by atoms with E-state index in [1.54, 1.807) is 0 Å². The number of carbonyl (C=O) groups excluding carboxylic acids is 1. The Balaban J connectivity index is 1.35. The smallest absolute Gasteiger partial charge is 0.257 e. The van der Waals surface area contributed by atoms with Crippen molar-refractivity contribution >= 4 is 17.2 Å². The van der Waals surface area contributed by atoms with Crippen LogP contribution in [0.25, 0.3) is 0 Å². The first-order chi connectivity index (χ1) is 12.1. The lowest BCUT2D eigenvalue weighted by atomic mass is 10.0. The Kier molecular flexibility index (Phi) is 6.08. The highest BCUT2D eigenvalue weighted by Crippen LogP contribution is 2.27. The van der Waals surface area contributed by atoms with Crippen molar-refractivity contribution in [3.63, 3.8) is 0 Å². The summed E-state index contributed by atoms with van der Waals surface area (Å²) in [6, 6.07) is 5.88. The van der Waals surface area contributed by atoms with Crippen molar-refractivity contribution in [1.29, 1.82) is 0 Å². The summed E-state index contributed by atoms with van der Waals surface area (Å²) in [7, 11) is 0. The zero-order valence-electron chi connectivity index (χ0n) is 15.1. The molecule has 0 unspecified atom stereocenters. The average Bonchev–Trinajstić information content (AvgIpc) is 3.02. The number of amides is 1. The van der Waals surface area contributed by atoms with Gasteiger partial charge in [-0.05, 0) is 69.2 Å². The SMILES string of the molecule is Cc1ccc(OCC(=O)NCCCc2nc3c(s2)CCCC3)cc1C. The van der Waals surface area contributed by atoms with Gasteiger partial charge in [0, 0.05) is 17.8 Å². The van der Waals surface area contributed by atoms with E-state index in [9.17, 15) is 4.79 Å². The molecule has 0 saturated carbocycles. The van der Waals surface area contributed by atoms with E-state index >= 15 is 0 Å². The van der Waals surface area contributed by atoms with Crippen LogP contribution < -0.4 is 10.1 Å². The first-order valence-corrected chi connectivity index (χ1v) is 9.87. The minimum atomic E-state index is -0.0725. The molecule has 1 aromatic heterocycles. The van der Waals surface area contributed by atoms with Gasteiger partial charge in [0.2, 0.25) is 0 Å². The normalized spacial score (nSPS) is 13.4. The molecule has 1 aromatic carbocycles. The molecule has 25 heavy (non-hydrogen) atoms. The van der Waals surface area contributed by atoms with Crippen LogP contribution in [-0.4, -0.2) is 24.0 Å². The van der Waals surface area contributed by atoms with Crippen molar-refractivity contribution in [3.8, 4) is 5.75 Å². The van der Waals surface area contributed by atoms with Gasteiger partial charge >= 0.3 is 0 Å². The lowest BCUT2D eigenvalue weighted by Crippen LogP contribution is -2.29. The third kappa shape index (κ3) is 5.05. The third-order valence-electron chi connectivity index (χ3n) is 4.63. The molecule has 1 aliphatic rings. The minimum absolute atomic E-state index is 0.0635. The number of benzene rings is 1. The number of aryl methyl sites for hydroxylation is 5. The van der Waals surface area contributed by atoms with Crippen LogP contribution in [-0.2, 0) is 24.1 Å². The molecule has 0 radical (unpaired) electrons. The predicted molar refractivity (Wildman–Crippen MR) is 101 cm³/mol. The van der Waals surface area contributed by atoms with Gasteiger partial charge in [0.15, 0.2) is 6.61 Å². The Morgan fingerprint density at radius 2 is 2.08 bits per heavy atom. The van der Waals surface area contributed by atoms with Gasteiger partial charge in [-0.25, -0.2) is 4.98 Å². The highest BCUT2D eigenvalue weighted by molar-refractivity contribution is 7.11. The zero-order valence-corrected chi connectivity index (χ0v) is 15.9. The molecule has 134 valence electrons. The van der Waals surface area contributed by atoms with E-state index in [-0.39, 0.29) is 12.5 Å². The Morgan fingerprint density at radius 1 is 1.24 bits per heavy atom. The van der Waals surface area contributed by atoms with Gasteiger partial charge in [-0.2, -0.15) is 0 Å². The quantitative estimate of drug-likeness (QED) is 0.767. The van der Waals surface area contributed by atoms with E-state index in [0.717, 1.165) is 25.0 Å². The zero-order chi connectivity index (χ0) is 17.6. The van der Waals surface area contributed by atoms with E-state index in [0.29, 0.717) is 6.54 Å². The van der Waals surface area contributed by atoms with Crippen LogP contribution in [0.3, 0.4) is 0 Å². The van der Waals surface area contributed by atoms with Crippen LogP contribution in [0.1, 0.15) is 46.0 Å². The topological polar surface area (TPSA) is 51.2 Å². The number of thiazole rings is 1. The lowest BCUT2D eigenvalue weighted by molar-refractivity contribution is -0.123. The molecule has 0 spiro atoms. The van der Waals surface area contributed by atoms with Gasteiger partial charge in [-0.1, -0.05) is 6.07 Å². The highest BCUT2D eigenvalue weighted by atomic mass is 32.1. The Morgan fingerprint density at radius 3 is 2.88 bits per heavy atom. The first kappa shape index (κ1) is 17.9. The van der Waals surface area contributed by atoms with Crippen molar-refractivity contribution in [1.82, 2.24) is 10.3 Å². The van der Waals surface area contributed by atoms with Gasteiger partial charge < -0.3 is 10.1 Å². The molecule has 3 rings (SSSR count). The number of nitrogens with one attached hydrogen (secondary N) is 1. The second-order valence-electron chi connectivity index (χ2n) is 6.67. The number of hydrogen-bond acceptors (Lipinski definition) is 4. The summed E-state index contributed by atoms with van der Waals surface area (Å²) in [6.07, 6.45) is 6.76. The minimum Gasteiger partial charge on any atom is -0.484 e. The predicted octanol–water partition coefficient (Wildman–Crippen LogP) is 3.77. The van der Waals surface area contributed by atoms with Crippen LogP contribution in [0, 0.1) is 13.8 Å². The molecule has 0 aliphatic heterocycles. The summed E-state index contributed by atoms with van der Waals surface area (Å²) in [5, 5.41) is 4.14. The number of rotatable bonds is 7. The van der Waals surface area contributed by atoms with E-state index in [4.69, 9.17) is 9.72 Å². The van der Waals surface area contributed by atoms with Crippen molar-refractivity contribution in [2.75, 3.05) is 13.2 Å². The number of fused-ring (bicyclic) bond motifs is 1. The lowest BCUT2D eigenvalue weighted by Gasteiger charge is -2.08. The fraction of sp³-hybridized carbons (Fsp3) is 0.500. The molecule has 0 saturated heterocycles. The summed E-state index contributed by atoms with van der Waals surface area (Å²) in [5.41, 5.74) is 3.71. The van der Waals surface area contributed by atoms with Crippen LogP contribution in [0.4, 0.5) is 0 Å². The molecule has 1 N–H and O–H groups in total. The summed E-state index contributed by atoms with van der Waals surface area (Å²) in [6.45, 7) is 4.83. The molecule has 1 aliphatic carbocycles. The van der Waals surface area contributed by atoms with Crippen molar-refractivity contribution in [2.24, 2.45) is 0 Å². The van der Waals surface area contributed by atoms with Gasteiger partial charge in [-0.3, -0.25) is 4.79 Å². The van der Waals surface area contributed by atoms with Gasteiger partial charge in [-0.15, -0.1) is 11.3 Å². The maximum atomic E-state index is 11.9. The average molecular weight is 359 g/mol. The number of ether oxygens (including phenoxy) is 1. The van der Waals surface area contributed by atoms with E-state index in [2.05, 4.69) is 12.2 Å². The van der Waals surface area contributed by atoms with Gasteiger partial charge in [0.1, 0.15) is 5.75 Å². The standard InChI is InChI=1S/C20H26N2O2S/c1-14-9-10-16(12-15(14)2)24-13-19(23)21-11-5-8-20-22-17-6-3-4-7-18(17)25-20/h9-10,12H,3-8,11,13H2,1-2H3,(H,21,23). The van der Waals surface area contributed by atoms with Gasteiger partial charge in [0.05, 0.1) is 10.7 Å². The maximum absolute atomic E-state index is 11.9. The Bertz CT molecular complexity index is 716. The first-order valence-electron chi connectivity index (χ1n) is 9.06. The second kappa shape index (κ2) is 8.48.